The second-order valence-electron chi connectivity index (χ2n) is 5.47. The zero-order chi connectivity index (χ0) is 16.0. The fourth-order valence-corrected chi connectivity index (χ4v) is 2.06. The molecule has 0 saturated heterocycles. The predicted molar refractivity (Wildman–Crippen MR) is 81.4 cm³/mol. The molecule has 5 nitrogen and oxygen atoms in total. The maximum absolute atomic E-state index is 10.4. The molecule has 0 fully saturated rings. The Balaban J connectivity index is 2.99. The van der Waals surface area contributed by atoms with Crippen molar-refractivity contribution in [3.63, 3.8) is 0 Å². The van der Waals surface area contributed by atoms with E-state index in [2.05, 4.69) is 0 Å². The summed E-state index contributed by atoms with van der Waals surface area (Å²) < 4.78 is 21.2. The topological polar surface area (TPSA) is 57.2 Å². The quantitative estimate of drug-likeness (QED) is 0.799. The minimum Gasteiger partial charge on any atom is -0.496 e. The van der Waals surface area contributed by atoms with Crippen molar-refractivity contribution in [3.05, 3.63) is 17.7 Å². The molecule has 0 aromatic heterocycles. The average molecular weight is 298 g/mol. The van der Waals surface area contributed by atoms with Crippen molar-refractivity contribution in [2.24, 2.45) is 0 Å². The van der Waals surface area contributed by atoms with Crippen LogP contribution in [0.1, 0.15) is 38.4 Å². The number of hydrogen-bond donors (Lipinski definition) is 1. The lowest BCUT2D eigenvalue weighted by Crippen LogP contribution is -2.23. The standard InChI is InChI=1S/C16H26O5/c1-16(2,21-6)8-7-12(17)11-9-14(19-4)15(20-5)10-13(11)18-3/h9-10,12,17H,7-8H2,1-6H3. The molecule has 1 N–H and O–H groups in total. The van der Waals surface area contributed by atoms with E-state index in [1.807, 2.05) is 13.8 Å². The first-order chi connectivity index (χ1) is 9.88. The Morgan fingerprint density at radius 2 is 1.48 bits per heavy atom. The summed E-state index contributed by atoms with van der Waals surface area (Å²) in [6.45, 7) is 3.98. The largest absolute Gasteiger partial charge is 0.496 e. The second-order valence-corrected chi connectivity index (χ2v) is 5.47. The molecule has 0 heterocycles. The lowest BCUT2D eigenvalue weighted by molar-refractivity contribution is 0.00257. The van der Waals surface area contributed by atoms with Crippen molar-refractivity contribution in [3.8, 4) is 17.2 Å². The summed E-state index contributed by atoms with van der Waals surface area (Å²) in [5.41, 5.74) is 0.409. The number of aliphatic hydroxyl groups is 1. The number of hydrogen-bond acceptors (Lipinski definition) is 5. The van der Waals surface area contributed by atoms with Crippen LogP contribution in [0.15, 0.2) is 12.1 Å². The lowest BCUT2D eigenvalue weighted by atomic mass is 9.96. The van der Waals surface area contributed by atoms with E-state index in [1.165, 1.54) is 0 Å². The van der Waals surface area contributed by atoms with Crippen molar-refractivity contribution in [1.82, 2.24) is 0 Å². The van der Waals surface area contributed by atoms with Gasteiger partial charge in [0.05, 0.1) is 33.0 Å². The fraction of sp³-hybridized carbons (Fsp3) is 0.625. The van der Waals surface area contributed by atoms with Gasteiger partial charge in [0.2, 0.25) is 0 Å². The molecule has 1 atom stereocenters. The summed E-state index contributed by atoms with van der Waals surface area (Å²) in [4.78, 5) is 0. The van der Waals surface area contributed by atoms with Gasteiger partial charge in [-0.3, -0.25) is 0 Å². The van der Waals surface area contributed by atoms with Crippen molar-refractivity contribution in [1.29, 1.82) is 0 Å². The van der Waals surface area contributed by atoms with E-state index in [-0.39, 0.29) is 5.60 Å². The molecule has 1 aromatic rings. The predicted octanol–water partition coefficient (Wildman–Crippen LogP) is 2.95. The van der Waals surface area contributed by atoms with Gasteiger partial charge in [0.1, 0.15) is 5.75 Å². The Hall–Kier alpha value is -1.46. The molecule has 0 aliphatic rings. The molecular formula is C16H26O5. The molecule has 0 saturated carbocycles. The molecule has 1 aromatic carbocycles. The van der Waals surface area contributed by atoms with Gasteiger partial charge in [-0.2, -0.15) is 0 Å². The van der Waals surface area contributed by atoms with Crippen LogP contribution in [0.4, 0.5) is 0 Å². The van der Waals surface area contributed by atoms with Crippen molar-refractivity contribution in [2.45, 2.75) is 38.4 Å². The van der Waals surface area contributed by atoms with Crippen LogP contribution in [0.5, 0.6) is 17.2 Å². The fourth-order valence-electron chi connectivity index (χ4n) is 2.06. The van der Waals surface area contributed by atoms with E-state index in [9.17, 15) is 5.11 Å². The Bertz CT molecular complexity index is 456. The Kier molecular flexibility index (Phi) is 6.30. The molecule has 0 aliphatic heterocycles. The minimum atomic E-state index is -0.658. The highest BCUT2D eigenvalue weighted by molar-refractivity contribution is 5.51. The van der Waals surface area contributed by atoms with E-state index in [0.717, 1.165) is 6.42 Å². The lowest BCUT2D eigenvalue weighted by Gasteiger charge is -2.25. The molecule has 0 bridgehead atoms. The second kappa shape index (κ2) is 7.52. The van der Waals surface area contributed by atoms with Gasteiger partial charge < -0.3 is 24.1 Å². The summed E-state index contributed by atoms with van der Waals surface area (Å²) in [6, 6.07) is 3.47. The van der Waals surface area contributed by atoms with E-state index in [0.29, 0.717) is 29.2 Å². The number of aliphatic hydroxyl groups excluding tert-OH is 1. The first kappa shape index (κ1) is 17.6. The third-order valence-electron chi connectivity index (χ3n) is 3.67. The minimum absolute atomic E-state index is 0.273. The van der Waals surface area contributed by atoms with Gasteiger partial charge in [-0.05, 0) is 32.8 Å². The van der Waals surface area contributed by atoms with Crippen LogP contribution in [0, 0.1) is 0 Å². The normalized spacial score (nSPS) is 12.9. The highest BCUT2D eigenvalue weighted by atomic mass is 16.5. The number of ether oxygens (including phenoxy) is 4. The SMILES string of the molecule is COc1cc(OC)c(C(O)CCC(C)(C)OC)cc1OC. The highest BCUT2D eigenvalue weighted by Crippen LogP contribution is 2.39. The molecular weight excluding hydrogens is 272 g/mol. The van der Waals surface area contributed by atoms with Crippen LogP contribution in [-0.2, 0) is 4.74 Å². The number of rotatable bonds is 8. The molecule has 0 aliphatic carbocycles. The van der Waals surface area contributed by atoms with Crippen molar-refractivity contribution >= 4 is 0 Å². The smallest absolute Gasteiger partial charge is 0.164 e. The zero-order valence-corrected chi connectivity index (χ0v) is 13.7. The van der Waals surface area contributed by atoms with Gasteiger partial charge in [-0.25, -0.2) is 0 Å². The Labute approximate surface area is 126 Å². The van der Waals surface area contributed by atoms with Crippen LogP contribution in [0.3, 0.4) is 0 Å². The van der Waals surface area contributed by atoms with Gasteiger partial charge in [0, 0.05) is 18.7 Å². The van der Waals surface area contributed by atoms with Crippen LogP contribution < -0.4 is 14.2 Å². The van der Waals surface area contributed by atoms with Crippen LogP contribution >= 0.6 is 0 Å². The maximum atomic E-state index is 10.4. The van der Waals surface area contributed by atoms with Gasteiger partial charge >= 0.3 is 0 Å². The van der Waals surface area contributed by atoms with Crippen LogP contribution in [0.25, 0.3) is 0 Å². The molecule has 120 valence electrons. The molecule has 1 unspecified atom stereocenters. The van der Waals surface area contributed by atoms with Crippen molar-refractivity contribution in [2.75, 3.05) is 28.4 Å². The Morgan fingerprint density at radius 3 is 1.95 bits per heavy atom. The van der Waals surface area contributed by atoms with Crippen molar-refractivity contribution < 1.29 is 24.1 Å². The van der Waals surface area contributed by atoms with Crippen LogP contribution in [-0.4, -0.2) is 39.1 Å². The third-order valence-corrected chi connectivity index (χ3v) is 3.67. The summed E-state index contributed by atoms with van der Waals surface area (Å²) in [5.74, 6) is 1.72. The Morgan fingerprint density at radius 1 is 0.952 bits per heavy atom. The van der Waals surface area contributed by atoms with E-state index in [4.69, 9.17) is 18.9 Å². The zero-order valence-electron chi connectivity index (χ0n) is 13.7. The van der Waals surface area contributed by atoms with Gasteiger partial charge in [-0.1, -0.05) is 0 Å². The summed E-state index contributed by atoms with van der Waals surface area (Å²) in [6.07, 6.45) is 0.628. The van der Waals surface area contributed by atoms with Gasteiger partial charge in [0.15, 0.2) is 11.5 Å². The molecule has 5 heteroatoms. The number of methoxy groups -OCH3 is 4. The van der Waals surface area contributed by atoms with Crippen LogP contribution in [0.2, 0.25) is 0 Å². The molecule has 21 heavy (non-hydrogen) atoms. The summed E-state index contributed by atoms with van der Waals surface area (Å²) >= 11 is 0. The summed E-state index contributed by atoms with van der Waals surface area (Å²) in [7, 11) is 6.36. The first-order valence-corrected chi connectivity index (χ1v) is 6.91. The van der Waals surface area contributed by atoms with E-state index >= 15 is 0 Å². The highest BCUT2D eigenvalue weighted by Gasteiger charge is 2.22. The monoisotopic (exact) mass is 298 g/mol. The number of benzene rings is 1. The molecule has 0 spiro atoms. The van der Waals surface area contributed by atoms with Gasteiger partial charge in [-0.15, -0.1) is 0 Å². The molecule has 0 amide bonds. The molecule has 1 rings (SSSR count). The van der Waals surface area contributed by atoms with E-state index in [1.54, 1.807) is 40.6 Å². The summed E-state index contributed by atoms with van der Waals surface area (Å²) in [5, 5.41) is 10.4. The maximum Gasteiger partial charge on any atom is 0.164 e. The molecule has 0 radical (unpaired) electrons. The van der Waals surface area contributed by atoms with E-state index < -0.39 is 6.10 Å². The first-order valence-electron chi connectivity index (χ1n) is 6.91. The van der Waals surface area contributed by atoms with Gasteiger partial charge in [0.25, 0.3) is 0 Å². The average Bonchev–Trinajstić information content (AvgIpc) is 2.51. The third kappa shape index (κ3) is 4.51.